The summed E-state index contributed by atoms with van der Waals surface area (Å²) in [6.45, 7) is 8.50. The molecule has 0 aromatic heterocycles. The van der Waals surface area contributed by atoms with Crippen LogP contribution in [0, 0.1) is 0 Å². The van der Waals surface area contributed by atoms with Crippen LogP contribution in [-0.2, 0) is 11.3 Å². The van der Waals surface area contributed by atoms with Gasteiger partial charge in [-0.1, -0.05) is 12.1 Å². The highest BCUT2D eigenvalue weighted by Gasteiger charge is 2.29. The van der Waals surface area contributed by atoms with Crippen LogP contribution in [0.3, 0.4) is 0 Å². The number of carbonyl (C=O) groups excluding carboxylic acids is 1. The van der Waals surface area contributed by atoms with E-state index < -0.39 is 0 Å². The van der Waals surface area contributed by atoms with Crippen LogP contribution < -0.4 is 5.32 Å². The van der Waals surface area contributed by atoms with Crippen LogP contribution in [0.25, 0.3) is 0 Å². The Labute approximate surface area is 114 Å². The van der Waals surface area contributed by atoms with E-state index in [-0.39, 0.29) is 11.5 Å². The fourth-order valence-electron chi connectivity index (χ4n) is 2.40. The first-order chi connectivity index (χ1) is 9.03. The molecule has 4 heteroatoms. The lowest BCUT2D eigenvalue weighted by atomic mass is 9.99. The van der Waals surface area contributed by atoms with Crippen molar-refractivity contribution < 1.29 is 9.53 Å². The van der Waals surface area contributed by atoms with Gasteiger partial charge in [-0.25, -0.2) is 4.79 Å². The summed E-state index contributed by atoms with van der Waals surface area (Å²) in [6.07, 6.45) is 0. The highest BCUT2D eigenvalue weighted by molar-refractivity contribution is 5.89. The lowest BCUT2D eigenvalue weighted by Crippen LogP contribution is -2.57. The van der Waals surface area contributed by atoms with Crippen molar-refractivity contribution in [2.24, 2.45) is 0 Å². The number of benzene rings is 1. The van der Waals surface area contributed by atoms with Crippen molar-refractivity contribution in [1.29, 1.82) is 0 Å². The number of nitrogens with zero attached hydrogens (tertiary/aromatic N) is 1. The number of carbonyl (C=O) groups is 1. The summed E-state index contributed by atoms with van der Waals surface area (Å²) >= 11 is 0. The molecule has 0 unspecified atom stereocenters. The largest absolute Gasteiger partial charge is 0.465 e. The molecule has 0 bridgehead atoms. The van der Waals surface area contributed by atoms with E-state index in [0.29, 0.717) is 5.56 Å². The second-order valence-electron chi connectivity index (χ2n) is 5.60. The zero-order valence-corrected chi connectivity index (χ0v) is 11.9. The van der Waals surface area contributed by atoms with E-state index >= 15 is 0 Å². The van der Waals surface area contributed by atoms with Crippen molar-refractivity contribution in [2.45, 2.75) is 25.9 Å². The van der Waals surface area contributed by atoms with E-state index in [0.717, 1.165) is 26.2 Å². The third kappa shape index (κ3) is 3.33. The quantitative estimate of drug-likeness (QED) is 0.841. The summed E-state index contributed by atoms with van der Waals surface area (Å²) in [7, 11) is 1.40. The summed E-state index contributed by atoms with van der Waals surface area (Å²) in [5.41, 5.74) is 1.99. The van der Waals surface area contributed by atoms with Crippen molar-refractivity contribution >= 4 is 5.97 Å². The molecule has 0 spiro atoms. The minimum atomic E-state index is -0.283. The molecule has 0 radical (unpaired) electrons. The molecule has 19 heavy (non-hydrogen) atoms. The van der Waals surface area contributed by atoms with E-state index in [1.54, 1.807) is 0 Å². The van der Waals surface area contributed by atoms with Crippen molar-refractivity contribution in [3.05, 3.63) is 35.4 Å². The van der Waals surface area contributed by atoms with Crippen molar-refractivity contribution in [2.75, 3.05) is 26.7 Å². The summed E-state index contributed by atoms with van der Waals surface area (Å²) in [4.78, 5) is 13.8. The van der Waals surface area contributed by atoms with Gasteiger partial charge in [0.1, 0.15) is 0 Å². The molecule has 104 valence electrons. The van der Waals surface area contributed by atoms with Gasteiger partial charge in [-0.3, -0.25) is 4.90 Å². The van der Waals surface area contributed by atoms with Crippen molar-refractivity contribution in [3.8, 4) is 0 Å². The van der Waals surface area contributed by atoms with Gasteiger partial charge in [0.05, 0.1) is 12.7 Å². The molecule has 1 aromatic carbocycles. The minimum Gasteiger partial charge on any atom is -0.465 e. The number of piperazine rings is 1. The Morgan fingerprint density at radius 1 is 1.37 bits per heavy atom. The van der Waals surface area contributed by atoms with Gasteiger partial charge in [-0.05, 0) is 31.5 Å². The zero-order valence-electron chi connectivity index (χ0n) is 11.9. The lowest BCUT2D eigenvalue weighted by molar-refractivity contribution is 0.0600. The zero-order chi connectivity index (χ0) is 13.9. The van der Waals surface area contributed by atoms with E-state index in [1.807, 2.05) is 24.3 Å². The number of rotatable bonds is 3. The third-order valence-electron chi connectivity index (χ3n) is 3.72. The lowest BCUT2D eigenvalue weighted by Gasteiger charge is -2.42. The molecule has 0 amide bonds. The van der Waals surface area contributed by atoms with Crippen molar-refractivity contribution in [1.82, 2.24) is 10.2 Å². The maximum absolute atomic E-state index is 11.4. The minimum absolute atomic E-state index is 0.166. The Hall–Kier alpha value is -1.39. The average Bonchev–Trinajstić information content (AvgIpc) is 2.41. The molecule has 0 aliphatic carbocycles. The summed E-state index contributed by atoms with van der Waals surface area (Å²) in [5, 5.41) is 3.42. The predicted octanol–water partition coefficient (Wildman–Crippen LogP) is 1.66. The molecule has 2 rings (SSSR count). The van der Waals surface area contributed by atoms with E-state index in [1.165, 1.54) is 12.7 Å². The maximum atomic E-state index is 11.4. The molecule has 1 fully saturated rings. The summed E-state index contributed by atoms with van der Waals surface area (Å²) < 4.78 is 4.70. The molecule has 1 aliphatic heterocycles. The Balaban J connectivity index is 2.05. The van der Waals surface area contributed by atoms with Crippen LogP contribution in [0.4, 0.5) is 0 Å². The number of methoxy groups -OCH3 is 1. The van der Waals surface area contributed by atoms with Gasteiger partial charge in [-0.2, -0.15) is 0 Å². The predicted molar refractivity (Wildman–Crippen MR) is 75.1 cm³/mol. The van der Waals surface area contributed by atoms with Gasteiger partial charge in [0.25, 0.3) is 0 Å². The van der Waals surface area contributed by atoms with Gasteiger partial charge < -0.3 is 10.1 Å². The maximum Gasteiger partial charge on any atom is 0.337 e. The smallest absolute Gasteiger partial charge is 0.337 e. The summed E-state index contributed by atoms with van der Waals surface area (Å²) in [5.74, 6) is -0.283. The average molecular weight is 262 g/mol. The first-order valence-corrected chi connectivity index (χ1v) is 6.66. The van der Waals surface area contributed by atoms with Crippen LogP contribution in [0.2, 0.25) is 0 Å². The van der Waals surface area contributed by atoms with Gasteiger partial charge in [0.2, 0.25) is 0 Å². The first kappa shape index (κ1) is 14.0. The Morgan fingerprint density at radius 3 is 2.63 bits per heavy atom. The molecule has 1 saturated heterocycles. The number of nitrogens with one attached hydrogen (secondary N) is 1. The van der Waals surface area contributed by atoms with Crippen LogP contribution in [-0.4, -0.2) is 43.2 Å². The second-order valence-corrected chi connectivity index (χ2v) is 5.60. The van der Waals surface area contributed by atoms with Crippen LogP contribution >= 0.6 is 0 Å². The fourth-order valence-corrected chi connectivity index (χ4v) is 2.40. The molecule has 1 aliphatic rings. The van der Waals surface area contributed by atoms with Gasteiger partial charge in [-0.15, -0.1) is 0 Å². The normalized spacial score (nSPS) is 19.1. The van der Waals surface area contributed by atoms with Crippen LogP contribution in [0.15, 0.2) is 24.3 Å². The fraction of sp³-hybridized carbons (Fsp3) is 0.533. The van der Waals surface area contributed by atoms with E-state index in [4.69, 9.17) is 4.74 Å². The third-order valence-corrected chi connectivity index (χ3v) is 3.72. The number of ether oxygens (including phenoxy) is 1. The SMILES string of the molecule is COC(=O)c1ccc(CN2CCNCC2(C)C)cc1. The topological polar surface area (TPSA) is 41.6 Å². The highest BCUT2D eigenvalue weighted by Crippen LogP contribution is 2.19. The summed E-state index contributed by atoms with van der Waals surface area (Å²) in [6, 6.07) is 7.67. The molecule has 0 atom stereocenters. The standard InChI is InChI=1S/C15H22N2O2/c1-15(2)11-16-8-9-17(15)10-12-4-6-13(7-5-12)14(18)19-3/h4-7,16H,8-11H2,1-3H3. The number of esters is 1. The van der Waals surface area contributed by atoms with E-state index in [2.05, 4.69) is 24.1 Å². The van der Waals surface area contributed by atoms with Crippen molar-refractivity contribution in [3.63, 3.8) is 0 Å². The van der Waals surface area contributed by atoms with Gasteiger partial charge >= 0.3 is 5.97 Å². The molecular formula is C15H22N2O2. The molecule has 1 heterocycles. The Bertz CT molecular complexity index is 440. The molecule has 4 nitrogen and oxygen atoms in total. The van der Waals surface area contributed by atoms with Gasteiger partial charge in [0.15, 0.2) is 0 Å². The number of hydrogen-bond donors (Lipinski definition) is 1. The van der Waals surface area contributed by atoms with Gasteiger partial charge in [0, 0.05) is 31.7 Å². The van der Waals surface area contributed by atoms with E-state index in [9.17, 15) is 4.79 Å². The van der Waals surface area contributed by atoms with Crippen LogP contribution in [0.5, 0.6) is 0 Å². The molecule has 1 aromatic rings. The highest BCUT2D eigenvalue weighted by atomic mass is 16.5. The van der Waals surface area contributed by atoms with Crippen LogP contribution in [0.1, 0.15) is 29.8 Å². The molecular weight excluding hydrogens is 240 g/mol. The Kier molecular flexibility index (Phi) is 4.22. The molecule has 1 N–H and O–H groups in total. The second kappa shape index (κ2) is 5.72. The monoisotopic (exact) mass is 262 g/mol. The molecule has 0 saturated carbocycles. The number of hydrogen-bond acceptors (Lipinski definition) is 4. The Morgan fingerprint density at radius 2 is 2.05 bits per heavy atom. The first-order valence-electron chi connectivity index (χ1n) is 6.66.